The topological polar surface area (TPSA) is 87.1 Å². The predicted molar refractivity (Wildman–Crippen MR) is 139 cm³/mol. The molecule has 4 aromatic rings. The number of hydrogen-bond acceptors (Lipinski definition) is 6. The molecule has 182 valence electrons. The first-order valence-electron chi connectivity index (χ1n) is 10.9. The van der Waals surface area contributed by atoms with Crippen LogP contribution in [0.1, 0.15) is 21.5 Å². The van der Waals surface area contributed by atoms with Crippen LogP contribution in [0.25, 0.3) is 10.8 Å². The van der Waals surface area contributed by atoms with Crippen molar-refractivity contribution in [2.24, 2.45) is 4.36 Å². The average molecular weight is 501 g/mol. The van der Waals surface area contributed by atoms with Crippen molar-refractivity contribution in [2.45, 2.75) is 4.90 Å². The summed E-state index contributed by atoms with van der Waals surface area (Å²) in [7, 11) is 1.58. The molecule has 4 rings (SSSR count). The zero-order valence-electron chi connectivity index (χ0n) is 20.3. The molecule has 36 heavy (non-hydrogen) atoms. The van der Waals surface area contributed by atoms with Crippen LogP contribution in [0.3, 0.4) is 0 Å². The van der Waals surface area contributed by atoms with Gasteiger partial charge in [-0.3, -0.25) is 9.78 Å². The lowest BCUT2D eigenvalue weighted by Crippen LogP contribution is -2.05. The van der Waals surface area contributed by atoms with Gasteiger partial charge in [0.2, 0.25) is 0 Å². The highest BCUT2D eigenvalue weighted by Crippen LogP contribution is 2.30. The molecule has 0 bridgehead atoms. The minimum Gasteiger partial charge on any atom is -0.497 e. The van der Waals surface area contributed by atoms with Crippen LogP contribution in [0.2, 0.25) is 0 Å². The standard InChI is InChI=1S/C28H24N2O5S/c1-33-24-10-9-21-13-19(7-8-22(21)15-24)5-6-20-14-23(18-29-17-20)28(31)30-36(4,32)25-11-12-26(34-2)27(16-25)35-3/h7-18H,1-4H3. The van der Waals surface area contributed by atoms with E-state index >= 15 is 0 Å². The van der Waals surface area contributed by atoms with Gasteiger partial charge in [-0.25, -0.2) is 4.21 Å². The van der Waals surface area contributed by atoms with Crippen LogP contribution in [0.15, 0.2) is 82.3 Å². The molecule has 0 aliphatic carbocycles. The molecule has 0 aliphatic heterocycles. The minimum atomic E-state index is -3.04. The highest BCUT2D eigenvalue weighted by Gasteiger charge is 2.15. The van der Waals surface area contributed by atoms with Crippen molar-refractivity contribution in [3.63, 3.8) is 0 Å². The lowest BCUT2D eigenvalue weighted by Gasteiger charge is -2.10. The Morgan fingerprint density at radius 1 is 0.806 bits per heavy atom. The number of aromatic nitrogens is 1. The Kier molecular flexibility index (Phi) is 7.23. The molecule has 0 spiro atoms. The maximum atomic E-state index is 13.2. The van der Waals surface area contributed by atoms with Crippen molar-refractivity contribution in [2.75, 3.05) is 27.6 Å². The second-order valence-electron chi connectivity index (χ2n) is 7.86. The first kappa shape index (κ1) is 24.8. The number of rotatable bonds is 5. The normalized spacial score (nSPS) is 12.1. The Morgan fingerprint density at radius 2 is 1.53 bits per heavy atom. The molecule has 0 N–H and O–H groups in total. The number of benzene rings is 3. The number of hydrogen-bond donors (Lipinski definition) is 0. The third-order valence-electron chi connectivity index (χ3n) is 5.43. The van der Waals surface area contributed by atoms with Gasteiger partial charge in [-0.2, -0.15) is 4.36 Å². The number of carbonyl (C=O) groups is 1. The summed E-state index contributed by atoms with van der Waals surface area (Å²) in [6.45, 7) is 0. The largest absolute Gasteiger partial charge is 0.497 e. The van der Waals surface area contributed by atoms with E-state index in [1.807, 2.05) is 36.4 Å². The number of amides is 1. The second-order valence-corrected chi connectivity index (χ2v) is 10.1. The van der Waals surface area contributed by atoms with Gasteiger partial charge in [0.25, 0.3) is 5.91 Å². The summed E-state index contributed by atoms with van der Waals surface area (Å²) >= 11 is 0. The number of ether oxygens (including phenoxy) is 3. The second kappa shape index (κ2) is 10.5. The van der Waals surface area contributed by atoms with Crippen LogP contribution < -0.4 is 14.2 Å². The van der Waals surface area contributed by atoms with E-state index in [1.165, 1.54) is 26.7 Å². The van der Waals surface area contributed by atoms with E-state index in [1.54, 1.807) is 37.6 Å². The Hall–Kier alpha value is -4.35. The lowest BCUT2D eigenvalue weighted by molar-refractivity contribution is 0.100. The number of fused-ring (bicyclic) bond motifs is 1. The number of methoxy groups -OCH3 is 3. The highest BCUT2D eigenvalue weighted by atomic mass is 32.2. The minimum absolute atomic E-state index is 0.197. The Labute approximate surface area is 210 Å². The molecule has 0 aliphatic rings. The maximum Gasteiger partial charge on any atom is 0.286 e. The molecule has 1 heterocycles. The Bertz CT molecular complexity index is 1640. The van der Waals surface area contributed by atoms with Gasteiger partial charge in [-0.05, 0) is 53.2 Å². The summed E-state index contributed by atoms with van der Waals surface area (Å²) in [6.07, 6.45) is 4.34. The van der Waals surface area contributed by atoms with Crippen LogP contribution in [-0.4, -0.2) is 42.7 Å². The summed E-state index contributed by atoms with van der Waals surface area (Å²) in [5.41, 5.74) is 1.56. The molecule has 7 nitrogen and oxygen atoms in total. The van der Waals surface area contributed by atoms with Crippen LogP contribution in [0, 0.1) is 11.8 Å². The molecule has 1 amide bonds. The molecule has 0 saturated carbocycles. The van der Waals surface area contributed by atoms with Gasteiger partial charge in [-0.15, -0.1) is 0 Å². The zero-order valence-corrected chi connectivity index (χ0v) is 21.1. The van der Waals surface area contributed by atoms with Gasteiger partial charge in [0.05, 0.1) is 41.5 Å². The van der Waals surface area contributed by atoms with Gasteiger partial charge < -0.3 is 14.2 Å². The van der Waals surface area contributed by atoms with Crippen molar-refractivity contribution >= 4 is 26.4 Å². The monoisotopic (exact) mass is 500 g/mol. The van der Waals surface area contributed by atoms with Crippen molar-refractivity contribution in [1.82, 2.24) is 4.98 Å². The van der Waals surface area contributed by atoms with Crippen LogP contribution in [0.5, 0.6) is 17.2 Å². The zero-order chi connectivity index (χ0) is 25.7. The number of pyridine rings is 1. The Balaban J connectivity index is 1.59. The first-order valence-corrected chi connectivity index (χ1v) is 12.8. The van der Waals surface area contributed by atoms with Crippen molar-refractivity contribution in [1.29, 1.82) is 0 Å². The highest BCUT2D eigenvalue weighted by molar-refractivity contribution is 7.93. The van der Waals surface area contributed by atoms with E-state index in [4.69, 9.17) is 14.2 Å². The molecule has 0 saturated heterocycles. The molecule has 1 atom stereocenters. The number of carbonyl (C=O) groups excluding carboxylic acids is 1. The first-order chi connectivity index (χ1) is 17.3. The smallest absolute Gasteiger partial charge is 0.286 e. The van der Waals surface area contributed by atoms with E-state index in [-0.39, 0.29) is 5.56 Å². The third-order valence-corrected chi connectivity index (χ3v) is 7.08. The molecule has 1 aromatic heterocycles. The fourth-order valence-electron chi connectivity index (χ4n) is 3.51. The summed E-state index contributed by atoms with van der Waals surface area (Å²) in [4.78, 5) is 17.3. The molecule has 8 heteroatoms. The van der Waals surface area contributed by atoms with Crippen molar-refractivity contribution in [3.05, 3.63) is 89.7 Å². The van der Waals surface area contributed by atoms with Gasteiger partial charge >= 0.3 is 0 Å². The van der Waals surface area contributed by atoms with E-state index in [0.29, 0.717) is 22.0 Å². The van der Waals surface area contributed by atoms with E-state index in [0.717, 1.165) is 22.1 Å². The molecular formula is C28H24N2O5S. The molecule has 0 radical (unpaired) electrons. The van der Waals surface area contributed by atoms with E-state index < -0.39 is 15.6 Å². The molecule has 1 unspecified atom stereocenters. The van der Waals surface area contributed by atoms with Gasteiger partial charge in [0, 0.05) is 35.8 Å². The van der Waals surface area contributed by atoms with Crippen molar-refractivity contribution < 1.29 is 23.2 Å². The van der Waals surface area contributed by atoms with Gasteiger partial charge in [0.1, 0.15) is 5.75 Å². The van der Waals surface area contributed by atoms with E-state index in [2.05, 4.69) is 21.2 Å². The summed E-state index contributed by atoms with van der Waals surface area (Å²) < 4.78 is 33.0. The van der Waals surface area contributed by atoms with E-state index in [9.17, 15) is 9.00 Å². The van der Waals surface area contributed by atoms with Crippen molar-refractivity contribution in [3.8, 4) is 29.1 Å². The molecular weight excluding hydrogens is 476 g/mol. The lowest BCUT2D eigenvalue weighted by atomic mass is 10.1. The molecule has 0 fully saturated rings. The van der Waals surface area contributed by atoms with Crippen LogP contribution in [-0.2, 0) is 9.73 Å². The number of nitrogens with zero attached hydrogens (tertiary/aromatic N) is 2. The fraction of sp³-hybridized carbons (Fsp3) is 0.143. The molecule has 3 aromatic carbocycles. The summed E-state index contributed by atoms with van der Waals surface area (Å²) in [5, 5.41) is 2.09. The van der Waals surface area contributed by atoms with Crippen LogP contribution >= 0.6 is 0 Å². The van der Waals surface area contributed by atoms with Gasteiger partial charge in [-0.1, -0.05) is 24.0 Å². The third kappa shape index (κ3) is 5.48. The fourth-order valence-corrected chi connectivity index (χ4v) is 4.69. The Morgan fingerprint density at radius 3 is 2.28 bits per heavy atom. The SMILES string of the molecule is COc1ccc2cc(C#Cc3cncc(C(=O)N=S(C)(=O)c4ccc(OC)c(OC)c4)c3)ccc2c1. The quantitative estimate of drug-likeness (QED) is 0.360. The van der Waals surface area contributed by atoms with Gasteiger partial charge in [0.15, 0.2) is 11.5 Å². The maximum absolute atomic E-state index is 13.2. The summed E-state index contributed by atoms with van der Waals surface area (Å²) in [6, 6.07) is 18.1. The average Bonchev–Trinajstić information content (AvgIpc) is 2.90. The van der Waals surface area contributed by atoms with Crippen LogP contribution in [0.4, 0.5) is 0 Å². The summed E-state index contributed by atoms with van der Waals surface area (Å²) in [5.74, 6) is 7.17. The predicted octanol–water partition coefficient (Wildman–Crippen LogP) is 4.96.